The predicted molar refractivity (Wildman–Crippen MR) is 174 cm³/mol. The van der Waals surface area contributed by atoms with Crippen LogP contribution in [-0.4, -0.2) is 109 Å². The molecule has 0 unspecified atom stereocenters. The third-order valence-corrected chi connectivity index (χ3v) is 8.54. The Morgan fingerprint density at radius 3 is 2.60 bits per heavy atom. The highest BCUT2D eigenvalue weighted by Gasteiger charge is 2.34. The quantitative estimate of drug-likeness (QED) is 0.333. The lowest BCUT2D eigenvalue weighted by molar-refractivity contribution is -0.116. The lowest BCUT2D eigenvalue weighted by atomic mass is 9.99. The van der Waals surface area contributed by atoms with E-state index in [9.17, 15) is 19.5 Å². The lowest BCUT2D eigenvalue weighted by Crippen LogP contribution is -2.50. The molecule has 0 radical (unpaired) electrons. The van der Waals surface area contributed by atoms with Gasteiger partial charge in [-0.2, -0.15) is 0 Å². The van der Waals surface area contributed by atoms with E-state index >= 15 is 0 Å². The molecule has 3 atom stereocenters. The molecule has 4 amide bonds. The number of morpholine rings is 1. The summed E-state index contributed by atoms with van der Waals surface area (Å²) in [5.41, 5.74) is 1.50. The summed E-state index contributed by atoms with van der Waals surface area (Å²) in [6, 6.07) is 18.0. The van der Waals surface area contributed by atoms with Crippen molar-refractivity contribution in [3.63, 3.8) is 0 Å². The van der Waals surface area contributed by atoms with Crippen molar-refractivity contribution in [3.8, 4) is 5.75 Å². The first-order valence-electron chi connectivity index (χ1n) is 15.6. The fourth-order valence-corrected chi connectivity index (χ4v) is 5.72. The Bertz CT molecular complexity index is 1500. The van der Waals surface area contributed by atoms with Crippen molar-refractivity contribution in [2.75, 3.05) is 70.2 Å². The summed E-state index contributed by atoms with van der Waals surface area (Å²) in [5.74, 6) is -0.237. The second-order valence-corrected chi connectivity index (χ2v) is 11.9. The van der Waals surface area contributed by atoms with E-state index in [4.69, 9.17) is 9.47 Å². The zero-order valence-corrected chi connectivity index (χ0v) is 26.2. The van der Waals surface area contributed by atoms with Crippen LogP contribution in [0.4, 0.5) is 16.2 Å². The van der Waals surface area contributed by atoms with E-state index in [0.29, 0.717) is 49.7 Å². The summed E-state index contributed by atoms with van der Waals surface area (Å²) in [7, 11) is 1.71. The molecule has 1 saturated heterocycles. The third kappa shape index (κ3) is 7.91. The monoisotopic (exact) mass is 617 g/mol. The highest BCUT2D eigenvalue weighted by molar-refractivity contribution is 6.02. The van der Waals surface area contributed by atoms with Gasteiger partial charge in [0, 0.05) is 56.6 Å². The number of carbonyl (C=O) groups is 3. The van der Waals surface area contributed by atoms with Gasteiger partial charge >= 0.3 is 6.03 Å². The number of amides is 4. The van der Waals surface area contributed by atoms with Crippen molar-refractivity contribution in [2.24, 2.45) is 5.92 Å². The maximum absolute atomic E-state index is 13.8. The number of ether oxygens (including phenoxy) is 2. The van der Waals surface area contributed by atoms with Crippen molar-refractivity contribution in [1.29, 1.82) is 0 Å². The number of fused-ring (bicyclic) bond motifs is 2. The molecule has 0 aliphatic carbocycles. The molecular formula is C34H43N5O6. The van der Waals surface area contributed by atoms with Gasteiger partial charge in [0.15, 0.2) is 0 Å². The number of rotatable bonds is 9. The van der Waals surface area contributed by atoms with Crippen LogP contribution in [0.5, 0.6) is 5.75 Å². The molecule has 0 bridgehead atoms. The number of aliphatic hydroxyl groups excluding tert-OH is 1. The molecule has 3 aromatic carbocycles. The summed E-state index contributed by atoms with van der Waals surface area (Å²) in [6.45, 7) is 7.71. The van der Waals surface area contributed by atoms with Crippen LogP contribution in [0.3, 0.4) is 0 Å². The molecule has 2 aliphatic rings. The molecule has 3 aromatic rings. The standard InChI is InChI=1S/C34H43N5O6/c1-23-20-39(24(2)22-40)33(42)28-19-26(35-32(41)13-14-38-15-17-44-18-16-38)11-12-30(28)45-31(23)21-37(3)34(43)36-29-10-6-8-25-7-4-5-9-27(25)29/h4-12,19,23-24,31,40H,13-18,20-22H2,1-3H3,(H,35,41)(H,36,43)/t23-,24+,31+/m1/s1. The van der Waals surface area contributed by atoms with Crippen LogP contribution in [0.1, 0.15) is 30.6 Å². The summed E-state index contributed by atoms with van der Waals surface area (Å²) < 4.78 is 11.8. The maximum atomic E-state index is 13.8. The summed E-state index contributed by atoms with van der Waals surface area (Å²) in [5, 5.41) is 17.9. The molecule has 1 fully saturated rings. The molecule has 3 N–H and O–H groups in total. The van der Waals surface area contributed by atoms with Gasteiger partial charge in [0.2, 0.25) is 5.91 Å². The van der Waals surface area contributed by atoms with Gasteiger partial charge in [-0.25, -0.2) is 4.79 Å². The highest BCUT2D eigenvalue weighted by Crippen LogP contribution is 2.31. The number of aliphatic hydroxyl groups is 1. The minimum atomic E-state index is -0.456. The van der Waals surface area contributed by atoms with E-state index in [2.05, 4.69) is 15.5 Å². The first-order valence-corrected chi connectivity index (χ1v) is 15.6. The van der Waals surface area contributed by atoms with Crippen molar-refractivity contribution < 1.29 is 29.0 Å². The molecule has 45 heavy (non-hydrogen) atoms. The number of anilines is 2. The molecule has 2 aliphatic heterocycles. The Balaban J connectivity index is 1.31. The average Bonchev–Trinajstić information content (AvgIpc) is 3.05. The highest BCUT2D eigenvalue weighted by atomic mass is 16.5. The molecular weight excluding hydrogens is 574 g/mol. The zero-order valence-electron chi connectivity index (χ0n) is 26.2. The zero-order chi connectivity index (χ0) is 31.9. The van der Waals surface area contributed by atoms with Crippen molar-refractivity contribution >= 4 is 40.0 Å². The maximum Gasteiger partial charge on any atom is 0.321 e. The molecule has 11 nitrogen and oxygen atoms in total. The minimum absolute atomic E-state index is 0.147. The van der Waals surface area contributed by atoms with E-state index in [0.717, 1.165) is 29.5 Å². The number of nitrogens with one attached hydrogen (secondary N) is 2. The molecule has 240 valence electrons. The van der Waals surface area contributed by atoms with Gasteiger partial charge in [0.05, 0.1) is 43.7 Å². The second kappa shape index (κ2) is 14.7. The number of hydrogen-bond acceptors (Lipinski definition) is 7. The Kier molecular flexibility index (Phi) is 10.5. The van der Waals surface area contributed by atoms with E-state index in [1.54, 1.807) is 42.0 Å². The Morgan fingerprint density at radius 2 is 1.82 bits per heavy atom. The fourth-order valence-electron chi connectivity index (χ4n) is 5.72. The summed E-state index contributed by atoms with van der Waals surface area (Å²) >= 11 is 0. The lowest BCUT2D eigenvalue weighted by Gasteiger charge is -2.38. The van der Waals surface area contributed by atoms with Crippen molar-refractivity contribution in [3.05, 3.63) is 66.2 Å². The van der Waals surface area contributed by atoms with Crippen LogP contribution in [-0.2, 0) is 9.53 Å². The van der Waals surface area contributed by atoms with Crippen LogP contribution in [0.15, 0.2) is 60.7 Å². The average molecular weight is 618 g/mol. The molecule has 0 aromatic heterocycles. The first-order chi connectivity index (χ1) is 21.7. The smallest absolute Gasteiger partial charge is 0.321 e. The number of benzene rings is 3. The number of nitrogens with zero attached hydrogens (tertiary/aromatic N) is 3. The van der Waals surface area contributed by atoms with E-state index in [-0.39, 0.29) is 36.9 Å². The molecule has 5 rings (SSSR count). The Morgan fingerprint density at radius 1 is 1.07 bits per heavy atom. The second-order valence-electron chi connectivity index (χ2n) is 11.9. The summed E-state index contributed by atoms with van der Waals surface area (Å²) in [4.78, 5) is 45.3. The Labute approximate surface area is 264 Å². The first kappa shape index (κ1) is 32.2. The van der Waals surface area contributed by atoms with Gasteiger partial charge in [-0.05, 0) is 36.6 Å². The normalized spacial score (nSPS) is 19.6. The van der Waals surface area contributed by atoms with Gasteiger partial charge in [-0.15, -0.1) is 0 Å². The largest absolute Gasteiger partial charge is 0.487 e. The van der Waals surface area contributed by atoms with E-state index in [1.807, 2.05) is 49.4 Å². The van der Waals surface area contributed by atoms with Gasteiger partial charge < -0.3 is 35.0 Å². The van der Waals surface area contributed by atoms with Crippen LogP contribution < -0.4 is 15.4 Å². The third-order valence-electron chi connectivity index (χ3n) is 8.54. The van der Waals surface area contributed by atoms with Crippen LogP contribution >= 0.6 is 0 Å². The van der Waals surface area contributed by atoms with E-state index in [1.165, 1.54) is 0 Å². The van der Waals surface area contributed by atoms with Gasteiger partial charge in [-0.1, -0.05) is 43.3 Å². The molecule has 2 heterocycles. The van der Waals surface area contributed by atoms with Crippen LogP contribution in [0, 0.1) is 5.92 Å². The van der Waals surface area contributed by atoms with E-state index < -0.39 is 12.1 Å². The van der Waals surface area contributed by atoms with Gasteiger partial charge in [0.1, 0.15) is 11.9 Å². The number of carbonyl (C=O) groups excluding carboxylic acids is 3. The van der Waals surface area contributed by atoms with Crippen LogP contribution in [0.2, 0.25) is 0 Å². The topological polar surface area (TPSA) is 124 Å². The molecule has 11 heteroatoms. The van der Waals surface area contributed by atoms with Crippen molar-refractivity contribution in [1.82, 2.24) is 14.7 Å². The minimum Gasteiger partial charge on any atom is -0.487 e. The van der Waals surface area contributed by atoms with Gasteiger partial charge in [0.25, 0.3) is 5.91 Å². The van der Waals surface area contributed by atoms with Crippen molar-refractivity contribution in [2.45, 2.75) is 32.4 Å². The SMILES string of the molecule is C[C@@H]1CN([C@@H](C)CO)C(=O)c2cc(NC(=O)CCN3CCOCC3)ccc2O[C@H]1CN(C)C(=O)Nc1cccc2ccccc12. The fraction of sp³-hybridized carbons (Fsp3) is 0.441. The number of likely N-dealkylation sites (N-methyl/N-ethyl adjacent to an activating group) is 1. The molecule has 0 saturated carbocycles. The van der Waals surface area contributed by atoms with Gasteiger partial charge in [-0.3, -0.25) is 14.5 Å². The van der Waals surface area contributed by atoms with Crippen LogP contribution in [0.25, 0.3) is 10.8 Å². The molecule has 0 spiro atoms. The number of hydrogen-bond donors (Lipinski definition) is 3. The Hall–Kier alpha value is -4.19. The predicted octanol–water partition coefficient (Wildman–Crippen LogP) is 3.88. The number of urea groups is 1. The summed E-state index contributed by atoms with van der Waals surface area (Å²) in [6.07, 6.45) is -0.135.